The van der Waals surface area contributed by atoms with Crippen LogP contribution < -0.4 is 5.48 Å². The van der Waals surface area contributed by atoms with Gasteiger partial charge in [0.2, 0.25) is 0 Å². The van der Waals surface area contributed by atoms with Crippen LogP contribution in [0.4, 0.5) is 0 Å². The average Bonchev–Trinajstić information content (AvgIpc) is 2.14. The minimum Gasteiger partial charge on any atom is -0.297 e. The van der Waals surface area contributed by atoms with Gasteiger partial charge in [0.05, 0.1) is 11.5 Å². The van der Waals surface area contributed by atoms with Crippen molar-refractivity contribution < 1.29 is 13.3 Å². The van der Waals surface area contributed by atoms with E-state index >= 15 is 0 Å². The predicted octanol–water partition coefficient (Wildman–Crippen LogP) is 0.741. The quantitative estimate of drug-likeness (QED) is 0.753. The highest BCUT2D eigenvalue weighted by molar-refractivity contribution is 7.90. The van der Waals surface area contributed by atoms with E-state index in [0.29, 0.717) is 11.5 Å². The van der Waals surface area contributed by atoms with Gasteiger partial charge in [-0.25, -0.2) is 13.9 Å². The molecule has 0 saturated carbocycles. The van der Waals surface area contributed by atoms with E-state index in [-0.39, 0.29) is 0 Å². The molecule has 1 aromatic carbocycles. The van der Waals surface area contributed by atoms with E-state index in [1.165, 1.54) is 6.26 Å². The fourth-order valence-electron chi connectivity index (χ4n) is 1.02. The third-order valence-electron chi connectivity index (χ3n) is 1.71. The third-order valence-corrected chi connectivity index (χ3v) is 2.82. The van der Waals surface area contributed by atoms with Gasteiger partial charge in [0, 0.05) is 13.3 Å². The molecule has 0 atom stereocenters. The molecule has 0 spiro atoms. The molecule has 0 aliphatic rings. The van der Waals surface area contributed by atoms with E-state index in [0.717, 1.165) is 5.56 Å². The molecule has 1 aromatic rings. The van der Waals surface area contributed by atoms with Crippen LogP contribution in [0.5, 0.6) is 0 Å². The van der Waals surface area contributed by atoms with Crippen molar-refractivity contribution in [1.82, 2.24) is 5.48 Å². The van der Waals surface area contributed by atoms with Gasteiger partial charge in [-0.3, -0.25) is 4.84 Å². The zero-order valence-corrected chi connectivity index (χ0v) is 8.97. The lowest BCUT2D eigenvalue weighted by atomic mass is 10.2. The molecule has 14 heavy (non-hydrogen) atoms. The van der Waals surface area contributed by atoms with Crippen molar-refractivity contribution in [2.45, 2.75) is 11.5 Å². The topological polar surface area (TPSA) is 55.4 Å². The van der Waals surface area contributed by atoms with Crippen LogP contribution in [0.2, 0.25) is 0 Å². The lowest BCUT2D eigenvalue weighted by Gasteiger charge is -2.03. The maximum atomic E-state index is 11.2. The van der Waals surface area contributed by atoms with Gasteiger partial charge < -0.3 is 0 Å². The van der Waals surface area contributed by atoms with Crippen LogP contribution in [-0.2, 0) is 21.3 Å². The molecular formula is C9H13NO3S. The lowest BCUT2D eigenvalue weighted by Crippen LogP contribution is -2.07. The molecule has 0 heterocycles. The molecule has 78 valence electrons. The van der Waals surface area contributed by atoms with Crippen molar-refractivity contribution >= 4 is 9.84 Å². The summed E-state index contributed by atoms with van der Waals surface area (Å²) in [6.45, 7) is 0.347. The van der Waals surface area contributed by atoms with Crippen molar-refractivity contribution in [2.75, 3.05) is 13.3 Å². The highest BCUT2D eigenvalue weighted by atomic mass is 32.2. The molecule has 0 aromatic heterocycles. The Labute approximate surface area is 83.8 Å². The van der Waals surface area contributed by atoms with Gasteiger partial charge in [0.15, 0.2) is 9.84 Å². The summed E-state index contributed by atoms with van der Waals surface area (Å²) >= 11 is 0. The minimum absolute atomic E-state index is 0.315. The van der Waals surface area contributed by atoms with E-state index < -0.39 is 9.84 Å². The van der Waals surface area contributed by atoms with Gasteiger partial charge in [-0.2, -0.15) is 0 Å². The van der Waals surface area contributed by atoms with Crippen molar-refractivity contribution in [3.8, 4) is 0 Å². The molecule has 1 rings (SSSR count). The summed E-state index contributed by atoms with van der Waals surface area (Å²) in [7, 11) is -1.47. The smallest absolute Gasteiger partial charge is 0.175 e. The Balaban J connectivity index is 2.90. The number of sulfone groups is 1. The Morgan fingerprint density at radius 1 is 1.43 bits per heavy atom. The Morgan fingerprint density at radius 3 is 2.71 bits per heavy atom. The van der Waals surface area contributed by atoms with E-state index in [9.17, 15) is 8.42 Å². The van der Waals surface area contributed by atoms with Gasteiger partial charge in [-0.15, -0.1) is 0 Å². The number of benzene rings is 1. The molecule has 5 heteroatoms. The number of hydroxylamine groups is 1. The van der Waals surface area contributed by atoms with Crippen LogP contribution in [0.25, 0.3) is 0 Å². The summed E-state index contributed by atoms with van der Waals surface area (Å²) in [5.74, 6) is 0. The second kappa shape index (κ2) is 4.54. The molecule has 0 radical (unpaired) electrons. The predicted molar refractivity (Wildman–Crippen MR) is 53.4 cm³/mol. The SMILES string of the molecule is CNOCc1cccc(S(C)(=O)=O)c1. The normalized spacial score (nSPS) is 11.6. The lowest BCUT2D eigenvalue weighted by molar-refractivity contribution is 0.0443. The van der Waals surface area contributed by atoms with Crippen LogP contribution in [0.1, 0.15) is 5.56 Å². The van der Waals surface area contributed by atoms with Crippen molar-refractivity contribution in [3.05, 3.63) is 29.8 Å². The molecule has 0 bridgehead atoms. The first-order chi connectivity index (χ1) is 6.54. The van der Waals surface area contributed by atoms with Crippen molar-refractivity contribution in [3.63, 3.8) is 0 Å². The van der Waals surface area contributed by atoms with Crippen LogP contribution in [0.15, 0.2) is 29.2 Å². The van der Waals surface area contributed by atoms with E-state index in [1.807, 2.05) is 6.07 Å². The molecular weight excluding hydrogens is 202 g/mol. The number of rotatable bonds is 4. The summed E-state index contributed by atoms with van der Waals surface area (Å²) in [5.41, 5.74) is 3.35. The van der Waals surface area contributed by atoms with E-state index in [1.54, 1.807) is 25.2 Å². The standard InChI is InChI=1S/C9H13NO3S/c1-10-13-7-8-4-3-5-9(6-8)14(2,11)12/h3-6,10H,7H2,1-2H3. The van der Waals surface area contributed by atoms with Gasteiger partial charge in [0.25, 0.3) is 0 Å². The molecule has 0 saturated heterocycles. The average molecular weight is 215 g/mol. The van der Waals surface area contributed by atoms with Gasteiger partial charge in [-0.05, 0) is 17.7 Å². The van der Waals surface area contributed by atoms with E-state index in [4.69, 9.17) is 4.84 Å². The first kappa shape index (κ1) is 11.2. The summed E-state index contributed by atoms with van der Waals surface area (Å²) in [4.78, 5) is 5.26. The van der Waals surface area contributed by atoms with Crippen molar-refractivity contribution in [1.29, 1.82) is 0 Å². The Morgan fingerprint density at radius 2 is 2.14 bits per heavy atom. The largest absolute Gasteiger partial charge is 0.297 e. The molecule has 0 unspecified atom stereocenters. The molecule has 0 aliphatic heterocycles. The molecule has 0 aliphatic carbocycles. The Hall–Kier alpha value is -0.910. The second-order valence-corrected chi connectivity index (χ2v) is 4.93. The van der Waals surface area contributed by atoms with Crippen LogP contribution in [0, 0.1) is 0 Å². The van der Waals surface area contributed by atoms with Gasteiger partial charge >= 0.3 is 0 Å². The second-order valence-electron chi connectivity index (χ2n) is 2.91. The molecule has 4 nitrogen and oxygen atoms in total. The fourth-order valence-corrected chi connectivity index (χ4v) is 1.71. The summed E-state index contributed by atoms with van der Waals surface area (Å²) in [6, 6.07) is 6.68. The van der Waals surface area contributed by atoms with Gasteiger partial charge in [0.1, 0.15) is 0 Å². The number of hydrogen-bond donors (Lipinski definition) is 1. The summed E-state index contributed by atoms with van der Waals surface area (Å²) in [6.07, 6.45) is 1.19. The van der Waals surface area contributed by atoms with Gasteiger partial charge in [-0.1, -0.05) is 12.1 Å². The van der Waals surface area contributed by atoms with Crippen LogP contribution >= 0.6 is 0 Å². The third kappa shape index (κ3) is 3.10. The number of nitrogens with one attached hydrogen (secondary N) is 1. The summed E-state index contributed by atoms with van der Waals surface area (Å²) in [5, 5.41) is 0. The first-order valence-corrected chi connectivity index (χ1v) is 6.00. The highest BCUT2D eigenvalue weighted by Crippen LogP contribution is 2.11. The highest BCUT2D eigenvalue weighted by Gasteiger charge is 2.06. The monoisotopic (exact) mass is 215 g/mol. The first-order valence-electron chi connectivity index (χ1n) is 4.11. The van der Waals surface area contributed by atoms with Crippen molar-refractivity contribution in [2.24, 2.45) is 0 Å². The fraction of sp³-hybridized carbons (Fsp3) is 0.333. The minimum atomic E-state index is -3.13. The van der Waals surface area contributed by atoms with Crippen LogP contribution in [0.3, 0.4) is 0 Å². The Bertz CT molecular complexity index is 400. The molecule has 1 N–H and O–H groups in total. The number of hydrogen-bond acceptors (Lipinski definition) is 4. The maximum Gasteiger partial charge on any atom is 0.175 e. The zero-order chi connectivity index (χ0) is 10.6. The maximum absolute atomic E-state index is 11.2. The van der Waals surface area contributed by atoms with Crippen LogP contribution in [-0.4, -0.2) is 21.7 Å². The van der Waals surface area contributed by atoms with E-state index in [2.05, 4.69) is 5.48 Å². The molecule has 0 fully saturated rings. The Kier molecular flexibility index (Phi) is 3.62. The summed E-state index contributed by atoms with van der Waals surface area (Å²) < 4.78 is 22.4. The molecule has 0 amide bonds. The zero-order valence-electron chi connectivity index (χ0n) is 8.15.